The second kappa shape index (κ2) is 4.14. The Bertz CT molecular complexity index is 396. The third-order valence-corrected chi connectivity index (χ3v) is 2.46. The largest absolute Gasteiger partial charge is 0.436 e. The van der Waals surface area contributed by atoms with Gasteiger partial charge in [-0.05, 0) is 4.92 Å². The summed E-state index contributed by atoms with van der Waals surface area (Å²) in [6.07, 6.45) is -0.447. The molecule has 1 aliphatic rings. The molecular formula is C8H10FN3O4. The number of ether oxygens (including phenoxy) is 1. The minimum Gasteiger partial charge on any atom is -0.394 e. The number of alkyl halides is 1. The number of rotatable bonds is 3. The number of hydrogen-bond donors (Lipinski definition) is 1. The first-order valence-electron chi connectivity index (χ1n) is 4.71. The van der Waals surface area contributed by atoms with Gasteiger partial charge in [0, 0.05) is 6.42 Å². The van der Waals surface area contributed by atoms with Crippen LogP contribution < -0.4 is 0 Å². The number of aliphatic hydroxyl groups excluding tert-OH is 1. The molecule has 0 aromatic carbocycles. The lowest BCUT2D eigenvalue weighted by Gasteiger charge is -2.10. The van der Waals surface area contributed by atoms with E-state index in [1.807, 2.05) is 0 Å². The molecule has 0 unspecified atom stereocenters. The van der Waals surface area contributed by atoms with Crippen molar-refractivity contribution in [1.29, 1.82) is 0 Å². The zero-order valence-corrected chi connectivity index (χ0v) is 8.19. The topological polar surface area (TPSA) is 90.4 Å². The van der Waals surface area contributed by atoms with Crippen molar-refractivity contribution in [3.63, 3.8) is 0 Å². The summed E-state index contributed by atoms with van der Waals surface area (Å²) in [6.45, 7) is -0.444. The summed E-state index contributed by atoms with van der Waals surface area (Å²) in [5.74, 6) is -0.393. The van der Waals surface area contributed by atoms with E-state index in [4.69, 9.17) is 9.84 Å². The molecule has 8 heteroatoms. The first-order chi connectivity index (χ1) is 7.63. The highest BCUT2D eigenvalue weighted by Gasteiger charge is 2.39. The smallest absolute Gasteiger partial charge is 0.394 e. The molecule has 1 saturated heterocycles. The molecule has 0 spiro atoms. The van der Waals surface area contributed by atoms with Crippen LogP contribution in [0.25, 0.3) is 0 Å². The van der Waals surface area contributed by atoms with Gasteiger partial charge in [-0.2, -0.15) is 0 Å². The summed E-state index contributed by atoms with van der Waals surface area (Å²) >= 11 is 0. The third-order valence-electron chi connectivity index (χ3n) is 2.46. The van der Waals surface area contributed by atoms with E-state index in [0.717, 1.165) is 4.57 Å². The summed E-state index contributed by atoms with van der Waals surface area (Å²) in [5, 5.41) is 19.4. The number of hydrogen-bond acceptors (Lipinski definition) is 5. The summed E-state index contributed by atoms with van der Waals surface area (Å²) in [5.41, 5.74) is 0. The second-order valence-corrected chi connectivity index (χ2v) is 3.46. The number of aromatic nitrogens is 2. The van der Waals surface area contributed by atoms with Crippen molar-refractivity contribution >= 4 is 5.95 Å². The lowest BCUT2D eigenvalue weighted by molar-refractivity contribution is -0.398. The molecule has 7 nitrogen and oxygen atoms in total. The van der Waals surface area contributed by atoms with E-state index in [0.29, 0.717) is 0 Å². The van der Waals surface area contributed by atoms with Crippen molar-refractivity contribution < 1.29 is 19.2 Å². The third kappa shape index (κ3) is 1.76. The fourth-order valence-corrected chi connectivity index (χ4v) is 1.69. The van der Waals surface area contributed by atoms with Crippen LogP contribution in [0, 0.1) is 10.1 Å². The summed E-state index contributed by atoms with van der Waals surface area (Å²) < 4.78 is 19.6. The Morgan fingerprint density at radius 2 is 2.56 bits per heavy atom. The van der Waals surface area contributed by atoms with E-state index in [9.17, 15) is 14.5 Å². The molecule has 0 bridgehead atoms. The summed E-state index contributed by atoms with van der Waals surface area (Å²) in [6, 6.07) is 0. The van der Waals surface area contributed by atoms with Crippen molar-refractivity contribution in [2.45, 2.75) is 24.9 Å². The van der Waals surface area contributed by atoms with Gasteiger partial charge in [0.1, 0.15) is 24.7 Å². The first-order valence-corrected chi connectivity index (χ1v) is 4.71. The summed E-state index contributed by atoms with van der Waals surface area (Å²) in [4.78, 5) is 13.5. The van der Waals surface area contributed by atoms with Gasteiger partial charge in [0.25, 0.3) is 0 Å². The molecule has 0 saturated carbocycles. The highest BCUT2D eigenvalue weighted by molar-refractivity contribution is 5.08. The monoisotopic (exact) mass is 231 g/mol. The molecule has 3 atom stereocenters. The molecular weight excluding hydrogens is 221 g/mol. The number of nitro groups is 1. The van der Waals surface area contributed by atoms with Gasteiger partial charge in [-0.25, -0.2) is 8.96 Å². The van der Waals surface area contributed by atoms with Crippen LogP contribution in [0.5, 0.6) is 0 Å². The van der Waals surface area contributed by atoms with Crippen LogP contribution in [0.3, 0.4) is 0 Å². The maximum atomic E-state index is 13.3. The van der Waals surface area contributed by atoms with Crippen LogP contribution in [0.1, 0.15) is 12.6 Å². The lowest BCUT2D eigenvalue weighted by Crippen LogP contribution is -2.21. The highest BCUT2D eigenvalue weighted by Crippen LogP contribution is 2.32. The van der Waals surface area contributed by atoms with Crippen molar-refractivity contribution in [2.24, 2.45) is 0 Å². The molecule has 88 valence electrons. The minimum absolute atomic E-state index is 0.0254. The highest BCUT2D eigenvalue weighted by atomic mass is 19.1. The van der Waals surface area contributed by atoms with E-state index in [2.05, 4.69) is 4.98 Å². The first kappa shape index (κ1) is 11.0. The standard InChI is InChI=1S/C8H10FN3O4/c9-5-3-7(16-6(5)4-13)11-2-1-10-8(11)12(14)15/h1-2,5-7,13H,3-4H2/t5-,6+,7+/m0/s1. The predicted molar refractivity (Wildman–Crippen MR) is 49.4 cm³/mol. The number of halogens is 1. The van der Waals surface area contributed by atoms with Gasteiger partial charge < -0.3 is 20.0 Å². The summed E-state index contributed by atoms with van der Waals surface area (Å²) in [7, 11) is 0. The van der Waals surface area contributed by atoms with Gasteiger partial charge in [0.05, 0.1) is 6.61 Å². The molecule has 1 N–H and O–H groups in total. The van der Waals surface area contributed by atoms with E-state index in [-0.39, 0.29) is 6.42 Å². The number of nitrogens with zero attached hydrogens (tertiary/aromatic N) is 3. The van der Waals surface area contributed by atoms with E-state index >= 15 is 0 Å². The normalized spacial score (nSPS) is 29.5. The minimum atomic E-state index is -1.32. The SMILES string of the molecule is O=[N+]([O-])c1nccn1[C@H]1C[C@H](F)[C@@H](CO)O1. The van der Waals surface area contributed by atoms with E-state index in [1.165, 1.54) is 12.4 Å². The van der Waals surface area contributed by atoms with Gasteiger partial charge in [0.2, 0.25) is 0 Å². The van der Waals surface area contributed by atoms with E-state index in [1.54, 1.807) is 0 Å². The molecule has 0 aliphatic carbocycles. The zero-order valence-electron chi connectivity index (χ0n) is 8.19. The molecule has 1 fully saturated rings. The lowest BCUT2D eigenvalue weighted by atomic mass is 10.2. The van der Waals surface area contributed by atoms with Crippen molar-refractivity contribution in [1.82, 2.24) is 9.55 Å². The maximum absolute atomic E-state index is 13.3. The molecule has 2 rings (SSSR count). The van der Waals surface area contributed by atoms with Gasteiger partial charge in [-0.3, -0.25) is 0 Å². The van der Waals surface area contributed by atoms with E-state index < -0.39 is 36.0 Å². The van der Waals surface area contributed by atoms with Gasteiger partial charge in [-0.15, -0.1) is 0 Å². The van der Waals surface area contributed by atoms with Gasteiger partial charge in [0.15, 0.2) is 6.23 Å². The Morgan fingerprint density at radius 1 is 1.81 bits per heavy atom. The molecule has 0 amide bonds. The molecule has 1 aliphatic heterocycles. The van der Waals surface area contributed by atoms with Gasteiger partial charge >= 0.3 is 5.95 Å². The molecule has 1 aromatic rings. The van der Waals surface area contributed by atoms with Crippen LogP contribution in [0.15, 0.2) is 12.4 Å². The maximum Gasteiger partial charge on any atom is 0.436 e. The number of aliphatic hydroxyl groups is 1. The Morgan fingerprint density at radius 3 is 3.12 bits per heavy atom. The van der Waals surface area contributed by atoms with Crippen LogP contribution >= 0.6 is 0 Å². The van der Waals surface area contributed by atoms with Crippen molar-refractivity contribution in [3.05, 3.63) is 22.5 Å². The van der Waals surface area contributed by atoms with Crippen LogP contribution in [-0.4, -0.2) is 38.5 Å². The predicted octanol–water partition coefficient (Wildman–Crippen LogP) is 0.409. The van der Waals surface area contributed by atoms with Crippen molar-refractivity contribution in [3.8, 4) is 0 Å². The van der Waals surface area contributed by atoms with Crippen molar-refractivity contribution in [2.75, 3.05) is 6.61 Å². The van der Waals surface area contributed by atoms with Crippen LogP contribution in [-0.2, 0) is 4.74 Å². The zero-order chi connectivity index (χ0) is 11.7. The van der Waals surface area contributed by atoms with Gasteiger partial charge in [-0.1, -0.05) is 4.98 Å². The molecule has 1 aromatic heterocycles. The quantitative estimate of drug-likeness (QED) is 0.601. The molecule has 2 heterocycles. The average Bonchev–Trinajstić information content (AvgIpc) is 2.82. The van der Waals surface area contributed by atoms with Crippen LogP contribution in [0.4, 0.5) is 10.3 Å². The fourth-order valence-electron chi connectivity index (χ4n) is 1.69. The Kier molecular flexibility index (Phi) is 2.84. The van der Waals surface area contributed by atoms with Crippen LogP contribution in [0.2, 0.25) is 0 Å². The fraction of sp³-hybridized carbons (Fsp3) is 0.625. The molecule has 16 heavy (non-hydrogen) atoms. The second-order valence-electron chi connectivity index (χ2n) is 3.46. The Labute approximate surface area is 89.6 Å². The number of imidazole rings is 1. The molecule has 0 radical (unpaired) electrons. The Hall–Kier alpha value is -1.54. The Balaban J connectivity index is 2.20. The average molecular weight is 231 g/mol.